The first kappa shape index (κ1) is 14.2. The van der Waals surface area contributed by atoms with Crippen LogP contribution in [-0.4, -0.2) is 22.0 Å². The van der Waals surface area contributed by atoms with Gasteiger partial charge in [0.1, 0.15) is 5.82 Å². The first-order valence-corrected chi connectivity index (χ1v) is 8.47. The number of carbonyl (C=O) groups is 2. The topological polar surface area (TPSA) is 79.3 Å². The zero-order chi connectivity index (χ0) is 15.5. The minimum atomic E-state index is -0.817. The van der Waals surface area contributed by atoms with E-state index in [0.29, 0.717) is 5.82 Å². The number of carboxylic acids is 1. The van der Waals surface area contributed by atoms with Gasteiger partial charge in [-0.15, -0.1) is 0 Å². The molecule has 0 aliphatic heterocycles. The number of aromatic nitrogens is 1. The molecule has 5 nitrogen and oxygen atoms in total. The van der Waals surface area contributed by atoms with Crippen LogP contribution in [0.15, 0.2) is 22.8 Å². The smallest absolute Gasteiger partial charge is 0.307 e. The summed E-state index contributed by atoms with van der Waals surface area (Å²) < 4.78 is 0.839. The van der Waals surface area contributed by atoms with Crippen LogP contribution >= 0.6 is 15.9 Å². The average Bonchev–Trinajstić information content (AvgIpc) is 3.15. The van der Waals surface area contributed by atoms with Crippen LogP contribution in [0.25, 0.3) is 0 Å². The zero-order valence-electron chi connectivity index (χ0n) is 12.0. The summed E-state index contributed by atoms with van der Waals surface area (Å²) in [5.41, 5.74) is 0.151. The molecule has 1 spiro atoms. The van der Waals surface area contributed by atoms with Crippen LogP contribution < -0.4 is 5.32 Å². The standard InChI is InChI=1S/C16H17BrN2O3/c17-8-1-4-11(18-7-8)19-14(20)12-9-2-3-10(13(12)15(21)22)16(9)5-6-16/h1,4,7,9-10,12-13H,2-3,5-6H2,(H,21,22)(H,18,19,20). The summed E-state index contributed by atoms with van der Waals surface area (Å²) in [6.07, 6.45) is 5.74. The Morgan fingerprint density at radius 1 is 1.23 bits per heavy atom. The van der Waals surface area contributed by atoms with Crippen molar-refractivity contribution in [3.63, 3.8) is 0 Å². The monoisotopic (exact) mass is 364 g/mol. The van der Waals surface area contributed by atoms with Gasteiger partial charge in [-0.3, -0.25) is 9.59 Å². The Bertz CT molecular complexity index is 641. The lowest BCUT2D eigenvalue weighted by Crippen LogP contribution is -2.38. The summed E-state index contributed by atoms with van der Waals surface area (Å²) in [4.78, 5) is 28.6. The molecule has 22 heavy (non-hydrogen) atoms. The lowest BCUT2D eigenvalue weighted by atomic mass is 9.79. The van der Waals surface area contributed by atoms with E-state index in [0.717, 1.165) is 30.2 Å². The second-order valence-electron chi connectivity index (χ2n) is 6.76. The first-order valence-electron chi connectivity index (χ1n) is 7.68. The molecule has 6 heteroatoms. The van der Waals surface area contributed by atoms with Gasteiger partial charge in [0, 0.05) is 10.7 Å². The van der Waals surface area contributed by atoms with E-state index in [9.17, 15) is 14.7 Å². The van der Waals surface area contributed by atoms with Gasteiger partial charge in [-0.1, -0.05) is 0 Å². The van der Waals surface area contributed by atoms with Crippen molar-refractivity contribution < 1.29 is 14.7 Å². The maximum Gasteiger partial charge on any atom is 0.307 e. The number of halogens is 1. The van der Waals surface area contributed by atoms with Gasteiger partial charge < -0.3 is 10.4 Å². The minimum Gasteiger partial charge on any atom is -0.481 e. The third kappa shape index (κ3) is 1.93. The highest BCUT2D eigenvalue weighted by atomic mass is 79.9. The third-order valence-corrected chi connectivity index (χ3v) is 6.38. The maximum atomic E-state index is 12.7. The fourth-order valence-electron chi connectivity index (χ4n) is 5.00. The number of carboxylic acid groups (broad SMARTS) is 1. The number of anilines is 1. The number of aliphatic carboxylic acids is 1. The first-order chi connectivity index (χ1) is 10.5. The van der Waals surface area contributed by atoms with E-state index < -0.39 is 17.8 Å². The molecule has 0 saturated heterocycles. The Morgan fingerprint density at radius 3 is 2.45 bits per heavy atom. The van der Waals surface area contributed by atoms with E-state index in [4.69, 9.17) is 0 Å². The molecule has 1 amide bonds. The van der Waals surface area contributed by atoms with Crippen molar-refractivity contribution in [2.24, 2.45) is 29.1 Å². The molecular weight excluding hydrogens is 348 g/mol. The molecule has 2 bridgehead atoms. The number of hydrogen-bond acceptors (Lipinski definition) is 3. The van der Waals surface area contributed by atoms with Crippen LogP contribution in [0.3, 0.4) is 0 Å². The van der Waals surface area contributed by atoms with Crippen LogP contribution in [-0.2, 0) is 9.59 Å². The summed E-state index contributed by atoms with van der Waals surface area (Å²) in [5.74, 6) is -1.05. The minimum absolute atomic E-state index is 0.151. The van der Waals surface area contributed by atoms with Crippen molar-refractivity contribution in [1.29, 1.82) is 0 Å². The molecule has 3 aliphatic carbocycles. The molecule has 4 atom stereocenters. The molecule has 0 aromatic carbocycles. The Morgan fingerprint density at radius 2 is 1.91 bits per heavy atom. The maximum absolute atomic E-state index is 12.7. The molecule has 4 unspecified atom stereocenters. The number of nitrogens with one attached hydrogen (secondary N) is 1. The Kier molecular flexibility index (Phi) is 3.08. The second-order valence-corrected chi connectivity index (χ2v) is 7.68. The normalized spacial score (nSPS) is 33.9. The summed E-state index contributed by atoms with van der Waals surface area (Å²) in [6, 6.07) is 3.53. The molecule has 1 aromatic rings. The van der Waals surface area contributed by atoms with Crippen molar-refractivity contribution in [3.05, 3.63) is 22.8 Å². The largest absolute Gasteiger partial charge is 0.481 e. The van der Waals surface area contributed by atoms with E-state index in [-0.39, 0.29) is 23.2 Å². The Hall–Kier alpha value is -1.43. The van der Waals surface area contributed by atoms with Crippen LogP contribution in [0.2, 0.25) is 0 Å². The molecule has 1 aromatic heterocycles. The molecular formula is C16H17BrN2O3. The van der Waals surface area contributed by atoms with E-state index in [1.807, 2.05) is 0 Å². The van der Waals surface area contributed by atoms with E-state index in [2.05, 4.69) is 26.2 Å². The van der Waals surface area contributed by atoms with Crippen molar-refractivity contribution >= 4 is 33.6 Å². The van der Waals surface area contributed by atoms with Crippen LogP contribution in [0, 0.1) is 29.1 Å². The fourth-order valence-corrected chi connectivity index (χ4v) is 5.24. The van der Waals surface area contributed by atoms with Gasteiger partial charge in [0.15, 0.2) is 0 Å². The van der Waals surface area contributed by atoms with Gasteiger partial charge in [0.2, 0.25) is 5.91 Å². The summed E-state index contributed by atoms with van der Waals surface area (Å²) in [5, 5.41) is 12.4. The number of carbonyl (C=O) groups excluding carboxylic acids is 1. The highest BCUT2D eigenvalue weighted by Gasteiger charge is 2.71. The van der Waals surface area contributed by atoms with E-state index in [1.54, 1.807) is 18.3 Å². The van der Waals surface area contributed by atoms with E-state index in [1.165, 1.54) is 0 Å². The molecule has 0 radical (unpaired) electrons. The molecule has 3 saturated carbocycles. The molecule has 1 heterocycles. The summed E-state index contributed by atoms with van der Waals surface area (Å²) >= 11 is 3.30. The third-order valence-electron chi connectivity index (χ3n) is 5.91. The number of amides is 1. The average molecular weight is 365 g/mol. The van der Waals surface area contributed by atoms with Crippen molar-refractivity contribution in [1.82, 2.24) is 4.98 Å². The second kappa shape index (κ2) is 4.78. The van der Waals surface area contributed by atoms with Crippen LogP contribution in [0.5, 0.6) is 0 Å². The van der Waals surface area contributed by atoms with Gasteiger partial charge in [0.05, 0.1) is 11.8 Å². The lowest BCUT2D eigenvalue weighted by molar-refractivity contribution is -0.148. The highest BCUT2D eigenvalue weighted by molar-refractivity contribution is 9.10. The van der Waals surface area contributed by atoms with Crippen LogP contribution in [0.1, 0.15) is 25.7 Å². The summed E-state index contributed by atoms with van der Waals surface area (Å²) in [7, 11) is 0. The van der Waals surface area contributed by atoms with E-state index >= 15 is 0 Å². The number of pyridine rings is 1. The highest BCUT2D eigenvalue weighted by Crippen LogP contribution is 2.74. The van der Waals surface area contributed by atoms with Crippen molar-refractivity contribution in [2.45, 2.75) is 25.7 Å². The Balaban J connectivity index is 1.59. The number of hydrogen-bond donors (Lipinski definition) is 2. The van der Waals surface area contributed by atoms with Gasteiger partial charge in [-0.2, -0.15) is 0 Å². The zero-order valence-corrected chi connectivity index (χ0v) is 13.5. The molecule has 116 valence electrons. The molecule has 2 N–H and O–H groups in total. The van der Waals surface area contributed by atoms with Gasteiger partial charge >= 0.3 is 5.97 Å². The lowest BCUT2D eigenvalue weighted by Gasteiger charge is -2.26. The quantitative estimate of drug-likeness (QED) is 0.863. The Labute approximate surface area is 136 Å². The summed E-state index contributed by atoms with van der Waals surface area (Å²) in [6.45, 7) is 0. The molecule has 3 fully saturated rings. The van der Waals surface area contributed by atoms with Gasteiger partial charge in [-0.05, 0) is 71.0 Å². The predicted molar refractivity (Wildman–Crippen MR) is 83.1 cm³/mol. The van der Waals surface area contributed by atoms with Crippen LogP contribution in [0.4, 0.5) is 5.82 Å². The number of nitrogens with zero attached hydrogens (tertiary/aromatic N) is 1. The fraction of sp³-hybridized carbons (Fsp3) is 0.562. The van der Waals surface area contributed by atoms with Crippen molar-refractivity contribution in [3.8, 4) is 0 Å². The van der Waals surface area contributed by atoms with Crippen molar-refractivity contribution in [2.75, 3.05) is 5.32 Å². The SMILES string of the molecule is O=C(O)C1C(C(=O)Nc2ccc(Br)cn2)C2CCC1C21CC1. The number of rotatable bonds is 3. The molecule has 4 rings (SSSR count). The predicted octanol–water partition coefficient (Wildman–Crippen LogP) is 2.92. The van der Waals surface area contributed by atoms with Gasteiger partial charge in [0.25, 0.3) is 0 Å². The molecule has 3 aliphatic rings. The van der Waals surface area contributed by atoms with Gasteiger partial charge in [-0.25, -0.2) is 4.98 Å².